The molecule has 0 atom stereocenters. The van der Waals surface area contributed by atoms with Crippen LogP contribution < -0.4 is 11.5 Å². The lowest BCUT2D eigenvalue weighted by Crippen LogP contribution is -2.43. The lowest BCUT2D eigenvalue weighted by Gasteiger charge is -2.23. The third-order valence-corrected chi connectivity index (χ3v) is 2.33. The smallest absolute Gasteiger partial charge is 0.317 e. The van der Waals surface area contributed by atoms with Crippen LogP contribution in [0.2, 0.25) is 0 Å². The van der Waals surface area contributed by atoms with E-state index in [1.54, 1.807) is 0 Å². The van der Waals surface area contributed by atoms with Gasteiger partial charge in [0.1, 0.15) is 0 Å². The normalized spacial score (nSPS) is 8.60. The van der Waals surface area contributed by atoms with Gasteiger partial charge >= 0.3 is 23.9 Å². The minimum atomic E-state index is -1.23. The van der Waals surface area contributed by atoms with Crippen molar-refractivity contribution in [1.29, 1.82) is 0 Å². The van der Waals surface area contributed by atoms with Crippen molar-refractivity contribution >= 4 is 47.8 Å². The summed E-state index contributed by atoms with van der Waals surface area (Å²) in [6.45, 7) is 3.28. The molecule has 0 rings (SSSR count). The second kappa shape index (κ2) is 34.6. The summed E-state index contributed by atoms with van der Waals surface area (Å²) < 4.78 is 0. The molecule has 0 saturated heterocycles. The van der Waals surface area contributed by atoms with E-state index in [2.05, 4.69) is 0 Å². The van der Waals surface area contributed by atoms with Gasteiger partial charge in [0.2, 0.25) is 0 Å². The summed E-state index contributed by atoms with van der Waals surface area (Å²) in [6, 6.07) is 0. The first kappa shape index (κ1) is 48.6. The Morgan fingerprint density at radius 2 is 0.550 bits per heavy atom. The van der Waals surface area contributed by atoms with Gasteiger partial charge in [-0.1, -0.05) is 0 Å². The average molecular weight is 593 g/mol. The molecule has 236 valence electrons. The second-order valence-electron chi connectivity index (χ2n) is 6.65. The van der Waals surface area contributed by atoms with Crippen LogP contribution in [0.4, 0.5) is 0 Å². The Morgan fingerprint density at radius 1 is 0.425 bits per heavy atom. The van der Waals surface area contributed by atoms with Crippen LogP contribution in [-0.4, -0.2) is 151 Å². The highest BCUT2D eigenvalue weighted by molar-refractivity contribution is 5.73. The first-order chi connectivity index (χ1) is 18.0. The number of hydrogen-bond acceptors (Lipinski definition) is 12. The first-order valence-electron chi connectivity index (χ1n) is 10.5. The molecule has 0 aliphatic carbocycles. The zero-order valence-electron chi connectivity index (χ0n) is 22.5. The van der Waals surface area contributed by atoms with Crippen LogP contribution in [0.5, 0.6) is 0 Å². The molecule has 40 heavy (non-hydrogen) atoms. The Labute approximate surface area is 229 Å². The predicted molar refractivity (Wildman–Crippen MR) is 135 cm³/mol. The summed E-state index contributed by atoms with van der Waals surface area (Å²) in [7, 11) is 0. The minimum Gasteiger partial charge on any atom is -0.481 e. The van der Waals surface area contributed by atoms with E-state index < -0.39 is 73.9 Å². The Morgan fingerprint density at radius 3 is 0.625 bits per heavy atom. The molecular formula is C20H40N4O16. The molecule has 0 fully saturated rings. The molecule has 0 bridgehead atoms. The summed E-state index contributed by atoms with van der Waals surface area (Å²) in [4.78, 5) is 80.4. The van der Waals surface area contributed by atoms with Crippen LogP contribution in [0.3, 0.4) is 0 Å². The van der Waals surface area contributed by atoms with Crippen molar-refractivity contribution in [3.63, 3.8) is 0 Å². The maximum atomic E-state index is 10.6. The molecule has 0 aliphatic rings. The fourth-order valence-corrected chi connectivity index (χ4v) is 1.48. The van der Waals surface area contributed by atoms with Crippen molar-refractivity contribution < 1.29 is 79.2 Å². The number of hydrogen-bond donors (Lipinski definition) is 10. The van der Waals surface area contributed by atoms with Gasteiger partial charge < -0.3 is 52.3 Å². The second-order valence-corrected chi connectivity index (χ2v) is 6.65. The molecule has 0 heterocycles. The van der Waals surface area contributed by atoms with Crippen molar-refractivity contribution in [2.24, 2.45) is 11.5 Å². The number of carboxylic acids is 8. The van der Waals surface area contributed by atoms with Crippen molar-refractivity contribution in [2.75, 3.05) is 52.4 Å². The van der Waals surface area contributed by atoms with Gasteiger partial charge in [0.05, 0.1) is 26.2 Å². The average Bonchev–Trinajstić information content (AvgIpc) is 2.68. The van der Waals surface area contributed by atoms with Crippen molar-refractivity contribution in [3.05, 3.63) is 0 Å². The minimum absolute atomic E-state index is 0.0703. The highest BCUT2D eigenvalue weighted by Crippen LogP contribution is 1.94. The molecule has 0 aromatic rings. The number of carbonyl (C=O) groups is 8. The SMILES string of the molecule is CC(=O)O.CC(=O)O.CC(=O)O.CC(=O)O.NCCN.O=C(O)CN(CCN(CC(=O)O)CC(=O)O)CC(=O)O. The largest absolute Gasteiger partial charge is 0.481 e. The Kier molecular flexibility index (Phi) is 42.1. The fourth-order valence-electron chi connectivity index (χ4n) is 1.48. The van der Waals surface area contributed by atoms with Crippen molar-refractivity contribution in [3.8, 4) is 0 Å². The van der Waals surface area contributed by atoms with Crippen LogP contribution in [0.1, 0.15) is 27.7 Å². The van der Waals surface area contributed by atoms with Crippen LogP contribution in [-0.2, 0) is 38.4 Å². The van der Waals surface area contributed by atoms with E-state index in [0.717, 1.165) is 37.5 Å². The third-order valence-electron chi connectivity index (χ3n) is 2.33. The van der Waals surface area contributed by atoms with Gasteiger partial charge in [-0.25, -0.2) is 0 Å². The number of nitrogens with two attached hydrogens (primary N) is 2. The number of rotatable bonds is 12. The van der Waals surface area contributed by atoms with Crippen LogP contribution in [0.15, 0.2) is 0 Å². The quantitative estimate of drug-likeness (QED) is 0.109. The molecule has 0 aliphatic heterocycles. The van der Waals surface area contributed by atoms with Gasteiger partial charge in [0.25, 0.3) is 23.9 Å². The summed E-state index contributed by atoms with van der Waals surface area (Å²) in [6.07, 6.45) is 0. The molecule has 0 radical (unpaired) electrons. The fraction of sp³-hybridized carbons (Fsp3) is 0.600. The molecule has 12 N–H and O–H groups in total. The number of nitrogens with zero attached hydrogens (tertiary/aromatic N) is 2. The summed E-state index contributed by atoms with van der Waals surface area (Å²) in [5.74, 6) is -8.24. The molecule has 20 nitrogen and oxygen atoms in total. The predicted octanol–water partition coefficient (Wildman–Crippen LogP) is -2.80. The number of aliphatic carboxylic acids is 8. The Balaban J connectivity index is -0.000000116. The lowest BCUT2D eigenvalue weighted by molar-refractivity contribution is -0.145. The summed E-state index contributed by atoms with van der Waals surface area (Å²) >= 11 is 0. The van der Waals surface area contributed by atoms with E-state index in [1.807, 2.05) is 0 Å². The van der Waals surface area contributed by atoms with Gasteiger partial charge in [-0.2, -0.15) is 0 Å². The van der Waals surface area contributed by atoms with E-state index in [9.17, 15) is 19.2 Å². The van der Waals surface area contributed by atoms with Crippen LogP contribution in [0, 0.1) is 0 Å². The van der Waals surface area contributed by atoms with E-state index in [1.165, 1.54) is 0 Å². The topological polar surface area (TPSA) is 357 Å². The maximum Gasteiger partial charge on any atom is 0.317 e. The maximum absolute atomic E-state index is 10.6. The zero-order chi connectivity index (χ0) is 33.4. The van der Waals surface area contributed by atoms with Gasteiger partial charge in [-0.05, 0) is 0 Å². The molecule has 0 amide bonds. The Hall–Kier alpha value is -4.40. The van der Waals surface area contributed by atoms with Crippen LogP contribution in [0.25, 0.3) is 0 Å². The highest BCUT2D eigenvalue weighted by atomic mass is 16.4. The van der Waals surface area contributed by atoms with E-state index in [4.69, 9.17) is 71.5 Å². The van der Waals surface area contributed by atoms with Gasteiger partial charge in [0, 0.05) is 53.9 Å². The van der Waals surface area contributed by atoms with E-state index in [-0.39, 0.29) is 13.1 Å². The van der Waals surface area contributed by atoms with E-state index in [0.29, 0.717) is 13.1 Å². The molecule has 0 aromatic carbocycles. The van der Waals surface area contributed by atoms with Gasteiger partial charge in [0.15, 0.2) is 0 Å². The van der Waals surface area contributed by atoms with Gasteiger partial charge in [-0.15, -0.1) is 0 Å². The molecule has 0 saturated carbocycles. The monoisotopic (exact) mass is 592 g/mol. The molecule has 0 spiro atoms. The Bertz CT molecular complexity index is 627. The van der Waals surface area contributed by atoms with Gasteiger partial charge in [-0.3, -0.25) is 48.2 Å². The third kappa shape index (κ3) is 115. The summed E-state index contributed by atoms with van der Waals surface area (Å²) in [5, 5.41) is 64.1. The standard InChI is InChI=1S/C10H16N2O8.C2H8N2.4C2H4O2/c13-7(14)3-11(4-8(15)16)1-2-12(5-9(17)18)6-10(19)20;3-1-2-4;4*1-2(3)4/h1-6H2,(H,13,14)(H,15,16)(H,17,18)(H,19,20);1-4H2;4*1H3,(H,3,4). The first-order valence-corrected chi connectivity index (χ1v) is 10.5. The number of carboxylic acid groups (broad SMARTS) is 8. The van der Waals surface area contributed by atoms with Crippen molar-refractivity contribution in [1.82, 2.24) is 9.80 Å². The van der Waals surface area contributed by atoms with Crippen molar-refractivity contribution in [2.45, 2.75) is 27.7 Å². The molecule has 20 heteroatoms. The highest BCUT2D eigenvalue weighted by Gasteiger charge is 2.18. The summed E-state index contributed by atoms with van der Waals surface area (Å²) in [5.41, 5.74) is 9.81. The lowest BCUT2D eigenvalue weighted by atomic mass is 10.4. The van der Waals surface area contributed by atoms with Crippen LogP contribution >= 0.6 is 0 Å². The molecule has 0 unspecified atom stereocenters. The molecular weight excluding hydrogens is 552 g/mol. The van der Waals surface area contributed by atoms with E-state index >= 15 is 0 Å². The molecule has 0 aromatic heterocycles. The zero-order valence-corrected chi connectivity index (χ0v) is 22.5.